The highest BCUT2D eigenvalue weighted by Gasteiger charge is 2.14. The molecule has 0 saturated carbocycles. The summed E-state index contributed by atoms with van der Waals surface area (Å²) in [5.74, 6) is 1.49. The van der Waals surface area contributed by atoms with Crippen LogP contribution in [0.15, 0.2) is 0 Å². The van der Waals surface area contributed by atoms with Crippen molar-refractivity contribution < 1.29 is 8.42 Å². The second-order valence-corrected chi connectivity index (χ2v) is 9.33. The van der Waals surface area contributed by atoms with E-state index in [9.17, 15) is 8.42 Å². The number of thioether (sulfide) groups is 1. The van der Waals surface area contributed by atoms with Crippen molar-refractivity contribution in [2.45, 2.75) is 45.4 Å². The lowest BCUT2D eigenvalue weighted by atomic mass is 10.3. The lowest BCUT2D eigenvalue weighted by molar-refractivity contribution is 0.568. The Morgan fingerprint density at radius 2 is 1.88 bits per heavy atom. The van der Waals surface area contributed by atoms with Crippen LogP contribution >= 0.6 is 11.8 Å². The lowest BCUT2D eigenvalue weighted by Crippen LogP contribution is -2.35. The van der Waals surface area contributed by atoms with Crippen LogP contribution in [-0.2, 0) is 9.84 Å². The van der Waals surface area contributed by atoms with Crippen LogP contribution in [0, 0.1) is 0 Å². The zero-order valence-electron chi connectivity index (χ0n) is 11.0. The molecule has 0 fully saturated rings. The predicted octanol–water partition coefficient (Wildman–Crippen LogP) is 1.93. The van der Waals surface area contributed by atoms with Gasteiger partial charge in [0.25, 0.3) is 0 Å². The highest BCUT2D eigenvalue weighted by molar-refractivity contribution is 8.00. The minimum Gasteiger partial charge on any atom is -0.312 e. The first-order valence-electron chi connectivity index (χ1n) is 5.74. The van der Waals surface area contributed by atoms with Gasteiger partial charge in [0.1, 0.15) is 0 Å². The minimum atomic E-state index is -2.85. The quantitative estimate of drug-likeness (QED) is 0.716. The van der Waals surface area contributed by atoms with Gasteiger partial charge in [-0.1, -0.05) is 27.7 Å². The van der Waals surface area contributed by atoms with E-state index in [0.29, 0.717) is 0 Å². The zero-order chi connectivity index (χ0) is 12.8. The van der Waals surface area contributed by atoms with Gasteiger partial charge in [-0.3, -0.25) is 0 Å². The second-order valence-electron chi connectivity index (χ2n) is 5.01. The molecule has 1 N–H and O–H groups in total. The molecule has 0 radical (unpaired) electrons. The van der Waals surface area contributed by atoms with Crippen LogP contribution in [0.5, 0.6) is 0 Å². The average Bonchev–Trinajstić information content (AvgIpc) is 2.10. The van der Waals surface area contributed by atoms with E-state index in [2.05, 4.69) is 26.1 Å². The Bertz CT molecular complexity index is 281. The number of rotatable bonds is 7. The van der Waals surface area contributed by atoms with Crippen molar-refractivity contribution in [1.29, 1.82) is 0 Å². The average molecular weight is 267 g/mol. The second kappa shape index (κ2) is 6.87. The first kappa shape index (κ1) is 16.3. The summed E-state index contributed by atoms with van der Waals surface area (Å²) in [6.45, 7) is 11.0. The fraction of sp³-hybridized carbons (Fsp3) is 1.00. The third-order valence-electron chi connectivity index (χ3n) is 2.07. The lowest BCUT2D eigenvalue weighted by Gasteiger charge is -2.19. The van der Waals surface area contributed by atoms with Crippen molar-refractivity contribution in [3.05, 3.63) is 0 Å². The van der Waals surface area contributed by atoms with Crippen molar-refractivity contribution in [3.8, 4) is 0 Å². The molecule has 0 aromatic carbocycles. The molecule has 0 aliphatic carbocycles. The predicted molar refractivity (Wildman–Crippen MR) is 74.0 cm³/mol. The summed E-state index contributed by atoms with van der Waals surface area (Å²) >= 11 is 1.89. The molecule has 3 nitrogen and oxygen atoms in total. The number of hydrogen-bond acceptors (Lipinski definition) is 4. The van der Waals surface area contributed by atoms with Crippen LogP contribution in [0.3, 0.4) is 0 Å². The van der Waals surface area contributed by atoms with Crippen LogP contribution in [0.4, 0.5) is 0 Å². The summed E-state index contributed by atoms with van der Waals surface area (Å²) in [5.41, 5.74) is 0. The number of nitrogens with one attached hydrogen (secondary N) is 1. The van der Waals surface area contributed by atoms with Crippen LogP contribution in [0.25, 0.3) is 0 Å². The van der Waals surface area contributed by atoms with Gasteiger partial charge in [0.05, 0.1) is 5.75 Å². The van der Waals surface area contributed by atoms with Gasteiger partial charge in [-0.15, -0.1) is 0 Å². The molecule has 0 rings (SSSR count). The van der Waals surface area contributed by atoms with Crippen molar-refractivity contribution in [1.82, 2.24) is 5.32 Å². The SMILES string of the molecule is CCS(=O)(=O)CC(C)NCCSC(C)(C)C. The normalized spacial score (nSPS) is 15.1. The maximum absolute atomic E-state index is 11.4. The summed E-state index contributed by atoms with van der Waals surface area (Å²) in [6.07, 6.45) is 0. The van der Waals surface area contributed by atoms with Crippen LogP contribution in [0.1, 0.15) is 34.6 Å². The molecule has 1 unspecified atom stereocenters. The first-order chi connectivity index (χ1) is 7.16. The molecule has 1 atom stereocenters. The van der Waals surface area contributed by atoms with Crippen LogP contribution < -0.4 is 5.32 Å². The Morgan fingerprint density at radius 3 is 2.31 bits per heavy atom. The Kier molecular flexibility index (Phi) is 6.98. The molecule has 0 aliphatic heterocycles. The molecule has 16 heavy (non-hydrogen) atoms. The van der Waals surface area contributed by atoms with Gasteiger partial charge in [-0.05, 0) is 6.92 Å². The van der Waals surface area contributed by atoms with Gasteiger partial charge >= 0.3 is 0 Å². The van der Waals surface area contributed by atoms with Gasteiger partial charge in [0, 0.05) is 28.8 Å². The van der Waals surface area contributed by atoms with E-state index in [1.807, 2.05) is 18.7 Å². The van der Waals surface area contributed by atoms with Gasteiger partial charge in [-0.2, -0.15) is 11.8 Å². The third kappa shape index (κ3) is 9.48. The molecule has 0 saturated heterocycles. The van der Waals surface area contributed by atoms with Crippen molar-refractivity contribution in [2.24, 2.45) is 0 Å². The van der Waals surface area contributed by atoms with E-state index in [4.69, 9.17) is 0 Å². The molecular formula is C11H25NO2S2. The van der Waals surface area contributed by atoms with E-state index in [1.165, 1.54) is 0 Å². The zero-order valence-corrected chi connectivity index (χ0v) is 12.7. The van der Waals surface area contributed by atoms with Gasteiger partial charge < -0.3 is 5.32 Å². The molecule has 0 aromatic rings. The van der Waals surface area contributed by atoms with Crippen molar-refractivity contribution in [2.75, 3.05) is 23.8 Å². The van der Waals surface area contributed by atoms with Crippen LogP contribution in [0.2, 0.25) is 0 Å². The number of hydrogen-bond donors (Lipinski definition) is 1. The molecule has 0 amide bonds. The highest BCUT2D eigenvalue weighted by Crippen LogP contribution is 2.21. The molecule has 0 bridgehead atoms. The molecule has 0 aliphatic rings. The molecule has 98 valence electrons. The van der Waals surface area contributed by atoms with Gasteiger partial charge in [0.15, 0.2) is 9.84 Å². The molecule has 0 aromatic heterocycles. The fourth-order valence-electron chi connectivity index (χ4n) is 1.22. The Balaban J connectivity index is 3.71. The molecule has 5 heteroatoms. The summed E-state index contributed by atoms with van der Waals surface area (Å²) < 4.78 is 23.0. The van der Waals surface area contributed by atoms with Crippen molar-refractivity contribution in [3.63, 3.8) is 0 Å². The molecule has 0 spiro atoms. The summed E-state index contributed by atoms with van der Waals surface area (Å²) in [7, 11) is -2.85. The highest BCUT2D eigenvalue weighted by atomic mass is 32.2. The van der Waals surface area contributed by atoms with E-state index in [1.54, 1.807) is 6.92 Å². The summed E-state index contributed by atoms with van der Waals surface area (Å²) in [4.78, 5) is 0. The maximum atomic E-state index is 11.4. The largest absolute Gasteiger partial charge is 0.312 e. The monoisotopic (exact) mass is 267 g/mol. The Hall–Kier alpha value is 0.260. The van der Waals surface area contributed by atoms with Crippen LogP contribution in [-0.4, -0.2) is 43.0 Å². The smallest absolute Gasteiger partial charge is 0.151 e. The molecule has 0 heterocycles. The first-order valence-corrected chi connectivity index (χ1v) is 8.55. The van der Waals surface area contributed by atoms with Crippen molar-refractivity contribution >= 4 is 21.6 Å². The third-order valence-corrected chi connectivity index (χ3v) is 5.24. The van der Waals surface area contributed by atoms with Gasteiger partial charge in [0.2, 0.25) is 0 Å². The van der Waals surface area contributed by atoms with E-state index in [0.717, 1.165) is 12.3 Å². The molecular weight excluding hydrogens is 242 g/mol. The topological polar surface area (TPSA) is 46.2 Å². The standard InChI is InChI=1S/C11H25NO2S2/c1-6-16(13,14)9-10(2)12-7-8-15-11(3,4)5/h10,12H,6-9H2,1-5H3. The Labute approximate surface area is 105 Å². The Morgan fingerprint density at radius 1 is 1.31 bits per heavy atom. The summed E-state index contributed by atoms with van der Waals surface area (Å²) in [6, 6.07) is 0.0468. The van der Waals surface area contributed by atoms with E-state index < -0.39 is 9.84 Å². The fourth-order valence-corrected chi connectivity index (χ4v) is 3.17. The van der Waals surface area contributed by atoms with Gasteiger partial charge in [-0.25, -0.2) is 8.42 Å². The maximum Gasteiger partial charge on any atom is 0.151 e. The van der Waals surface area contributed by atoms with E-state index >= 15 is 0 Å². The minimum absolute atomic E-state index is 0.0468. The number of sulfone groups is 1. The van der Waals surface area contributed by atoms with E-state index in [-0.39, 0.29) is 22.3 Å². The summed E-state index contributed by atoms with van der Waals surface area (Å²) in [5, 5.41) is 3.25.